The first-order valence-electron chi connectivity index (χ1n) is 8.57. The molecular weight excluding hydrogens is 358 g/mol. The molecule has 0 spiro atoms. The molecule has 3 N–H and O–H groups in total. The van der Waals surface area contributed by atoms with Crippen molar-refractivity contribution in [2.75, 3.05) is 5.32 Å². The Morgan fingerprint density at radius 2 is 1.82 bits per heavy atom. The zero-order valence-electron chi connectivity index (χ0n) is 15.1. The van der Waals surface area contributed by atoms with Gasteiger partial charge < -0.3 is 14.8 Å². The Morgan fingerprint density at radius 3 is 2.54 bits per heavy atom. The van der Waals surface area contributed by atoms with E-state index in [1.54, 1.807) is 73.7 Å². The molecule has 0 radical (unpaired) electrons. The number of nitrogens with one attached hydrogen (secondary N) is 2. The van der Waals surface area contributed by atoms with Gasteiger partial charge in [-0.1, -0.05) is 42.5 Å². The van der Waals surface area contributed by atoms with Crippen LogP contribution in [0.5, 0.6) is 0 Å². The summed E-state index contributed by atoms with van der Waals surface area (Å²) in [4.78, 5) is 24.1. The summed E-state index contributed by atoms with van der Waals surface area (Å²) in [6.45, 7) is 1.71. The predicted molar refractivity (Wildman–Crippen MR) is 105 cm³/mol. The Hall–Kier alpha value is -3.71. The molecule has 2 aromatic carbocycles. The number of nitrogens with zero attached hydrogens (tertiary/aromatic N) is 1. The van der Waals surface area contributed by atoms with Crippen LogP contribution in [-0.4, -0.2) is 22.6 Å². The lowest BCUT2D eigenvalue weighted by Gasteiger charge is -2.10. The molecule has 0 bridgehead atoms. The minimum atomic E-state index is -1.31. The molecule has 7 heteroatoms. The molecule has 2 amide bonds. The molecule has 3 rings (SSSR count). The summed E-state index contributed by atoms with van der Waals surface area (Å²) in [5.74, 6) is -0.790. The highest BCUT2D eigenvalue weighted by molar-refractivity contribution is 6.04. The molecule has 0 aliphatic carbocycles. The molecule has 28 heavy (non-hydrogen) atoms. The lowest BCUT2D eigenvalue weighted by Crippen LogP contribution is -2.26. The summed E-state index contributed by atoms with van der Waals surface area (Å²) >= 11 is 0. The largest absolute Gasteiger partial charge is 0.459 e. The molecular formula is C21H19N3O4. The van der Waals surface area contributed by atoms with Gasteiger partial charge in [-0.25, -0.2) is 5.43 Å². The van der Waals surface area contributed by atoms with E-state index in [1.165, 1.54) is 6.26 Å². The molecule has 0 saturated carbocycles. The average molecular weight is 377 g/mol. The maximum atomic E-state index is 12.1. The van der Waals surface area contributed by atoms with Gasteiger partial charge in [-0.15, -0.1) is 0 Å². The Morgan fingerprint density at radius 1 is 1.04 bits per heavy atom. The number of carbonyl (C=O) groups excluding carboxylic acids is 2. The molecule has 0 fully saturated rings. The van der Waals surface area contributed by atoms with Crippen molar-refractivity contribution < 1.29 is 19.1 Å². The van der Waals surface area contributed by atoms with Gasteiger partial charge in [0.2, 0.25) is 0 Å². The topological polar surface area (TPSA) is 104 Å². The fraction of sp³-hybridized carbons (Fsp3) is 0.0952. The van der Waals surface area contributed by atoms with E-state index in [1.807, 2.05) is 0 Å². The molecule has 7 nitrogen and oxygen atoms in total. The molecule has 3 aromatic rings. The van der Waals surface area contributed by atoms with E-state index >= 15 is 0 Å². The van der Waals surface area contributed by atoms with E-state index in [2.05, 4.69) is 15.8 Å². The first-order chi connectivity index (χ1) is 13.5. The lowest BCUT2D eigenvalue weighted by molar-refractivity contribution is -0.129. The van der Waals surface area contributed by atoms with Crippen LogP contribution in [0.25, 0.3) is 0 Å². The van der Waals surface area contributed by atoms with Crippen LogP contribution in [0, 0.1) is 0 Å². The van der Waals surface area contributed by atoms with Crippen molar-refractivity contribution in [1.82, 2.24) is 5.43 Å². The number of furan rings is 1. The number of aliphatic hydroxyl groups excluding tert-OH is 1. The van der Waals surface area contributed by atoms with Crippen LogP contribution in [0.1, 0.15) is 34.7 Å². The molecule has 1 heterocycles. The van der Waals surface area contributed by atoms with Crippen molar-refractivity contribution in [2.24, 2.45) is 5.10 Å². The standard InChI is InChI=1S/C21H19N3O4/c1-14(23-24-21(27)19(25)15-7-3-2-4-8-15)16-9-5-10-17(13-16)22-20(26)18-11-6-12-28-18/h2-13,19,25H,1H3,(H,22,26)(H,24,27)/b23-14+. The molecule has 1 aromatic heterocycles. The van der Waals surface area contributed by atoms with Gasteiger partial charge in [0.1, 0.15) is 0 Å². The normalized spacial score (nSPS) is 12.3. The fourth-order valence-electron chi connectivity index (χ4n) is 2.47. The number of benzene rings is 2. The third-order valence-corrected chi connectivity index (χ3v) is 3.98. The molecule has 0 aliphatic rings. The van der Waals surface area contributed by atoms with Gasteiger partial charge in [0.25, 0.3) is 11.8 Å². The van der Waals surface area contributed by atoms with Crippen molar-refractivity contribution in [3.8, 4) is 0 Å². The van der Waals surface area contributed by atoms with Crippen molar-refractivity contribution in [1.29, 1.82) is 0 Å². The van der Waals surface area contributed by atoms with E-state index in [0.29, 0.717) is 22.5 Å². The number of hydrogen-bond acceptors (Lipinski definition) is 5. The third-order valence-electron chi connectivity index (χ3n) is 3.98. The van der Waals surface area contributed by atoms with Crippen LogP contribution in [0.4, 0.5) is 5.69 Å². The Balaban J connectivity index is 1.66. The molecule has 0 saturated heterocycles. The zero-order valence-corrected chi connectivity index (χ0v) is 15.1. The lowest BCUT2D eigenvalue weighted by atomic mass is 10.1. The van der Waals surface area contributed by atoms with Gasteiger partial charge in [-0.05, 0) is 42.3 Å². The highest BCUT2D eigenvalue weighted by atomic mass is 16.3. The van der Waals surface area contributed by atoms with Crippen LogP contribution in [0.15, 0.2) is 82.5 Å². The SMILES string of the molecule is C/C(=N\NC(=O)C(O)c1ccccc1)c1cccc(NC(=O)c2ccco2)c1. The smallest absolute Gasteiger partial charge is 0.291 e. The number of anilines is 1. The maximum absolute atomic E-state index is 12.1. The Labute approximate surface area is 161 Å². The number of aliphatic hydroxyl groups is 1. The van der Waals surface area contributed by atoms with Gasteiger partial charge in [-0.2, -0.15) is 5.10 Å². The first-order valence-corrected chi connectivity index (χ1v) is 8.57. The molecule has 1 unspecified atom stereocenters. The summed E-state index contributed by atoms with van der Waals surface area (Å²) in [6, 6.07) is 18.8. The Bertz CT molecular complexity index is 982. The van der Waals surface area contributed by atoms with Gasteiger partial charge >= 0.3 is 0 Å². The zero-order chi connectivity index (χ0) is 19.9. The fourth-order valence-corrected chi connectivity index (χ4v) is 2.47. The first kappa shape index (κ1) is 19.1. The summed E-state index contributed by atoms with van der Waals surface area (Å²) in [7, 11) is 0. The monoisotopic (exact) mass is 377 g/mol. The average Bonchev–Trinajstić information content (AvgIpc) is 3.27. The van der Waals surface area contributed by atoms with Crippen molar-refractivity contribution in [3.05, 3.63) is 89.9 Å². The van der Waals surface area contributed by atoms with Crippen molar-refractivity contribution in [2.45, 2.75) is 13.0 Å². The van der Waals surface area contributed by atoms with Crippen LogP contribution < -0.4 is 10.7 Å². The van der Waals surface area contributed by atoms with E-state index in [0.717, 1.165) is 0 Å². The quantitative estimate of drug-likeness (QED) is 0.453. The Kier molecular flexibility index (Phi) is 5.98. The molecule has 0 aliphatic heterocycles. The van der Waals surface area contributed by atoms with Gasteiger partial charge in [0, 0.05) is 5.69 Å². The summed E-state index contributed by atoms with van der Waals surface area (Å²) in [5, 5.41) is 16.8. The summed E-state index contributed by atoms with van der Waals surface area (Å²) < 4.78 is 5.06. The van der Waals surface area contributed by atoms with Crippen LogP contribution >= 0.6 is 0 Å². The second-order valence-electron chi connectivity index (χ2n) is 6.00. The maximum Gasteiger partial charge on any atom is 0.291 e. The minimum absolute atomic E-state index is 0.206. The number of hydrogen-bond donors (Lipinski definition) is 3. The van der Waals surface area contributed by atoms with E-state index in [-0.39, 0.29) is 11.7 Å². The van der Waals surface area contributed by atoms with Gasteiger partial charge in [0.15, 0.2) is 11.9 Å². The number of carbonyl (C=O) groups is 2. The van der Waals surface area contributed by atoms with E-state index < -0.39 is 12.0 Å². The highest BCUT2D eigenvalue weighted by Crippen LogP contribution is 2.14. The van der Waals surface area contributed by atoms with Crippen LogP contribution in [0.2, 0.25) is 0 Å². The summed E-state index contributed by atoms with van der Waals surface area (Å²) in [6.07, 6.45) is 0.117. The number of rotatable bonds is 6. The predicted octanol–water partition coefficient (Wildman–Crippen LogP) is 3.11. The third kappa shape index (κ3) is 4.72. The highest BCUT2D eigenvalue weighted by Gasteiger charge is 2.16. The minimum Gasteiger partial charge on any atom is -0.459 e. The van der Waals surface area contributed by atoms with Crippen LogP contribution in [0.3, 0.4) is 0 Å². The second kappa shape index (κ2) is 8.79. The van der Waals surface area contributed by atoms with E-state index in [9.17, 15) is 14.7 Å². The van der Waals surface area contributed by atoms with E-state index in [4.69, 9.17) is 4.42 Å². The molecule has 142 valence electrons. The number of amides is 2. The van der Waals surface area contributed by atoms with Crippen LogP contribution in [-0.2, 0) is 4.79 Å². The van der Waals surface area contributed by atoms with Crippen molar-refractivity contribution in [3.63, 3.8) is 0 Å². The summed E-state index contributed by atoms with van der Waals surface area (Å²) in [5.41, 5.74) is 4.62. The molecule has 1 atom stereocenters. The van der Waals surface area contributed by atoms with Gasteiger partial charge in [0.05, 0.1) is 12.0 Å². The number of hydrazone groups is 1. The van der Waals surface area contributed by atoms with Gasteiger partial charge in [-0.3, -0.25) is 9.59 Å². The van der Waals surface area contributed by atoms with Crippen molar-refractivity contribution >= 4 is 23.2 Å². The second-order valence-corrected chi connectivity index (χ2v) is 6.00.